The summed E-state index contributed by atoms with van der Waals surface area (Å²) in [5, 5.41) is 3.18. The Kier molecular flexibility index (Phi) is 2.54. The number of imide groups is 1. The number of nitrogens with zero attached hydrogens (tertiary/aromatic N) is 1. The smallest absolute Gasteiger partial charge is 0.237 e. The van der Waals surface area contributed by atoms with Crippen LogP contribution in [0.5, 0.6) is 0 Å². The van der Waals surface area contributed by atoms with Crippen LogP contribution in [0, 0.1) is 10.8 Å². The lowest BCUT2D eigenvalue weighted by Crippen LogP contribution is -2.38. The third-order valence-electron chi connectivity index (χ3n) is 4.79. The molecule has 0 aromatic heterocycles. The molecule has 0 saturated carbocycles. The average Bonchev–Trinajstić information content (AvgIpc) is 2.79. The molecule has 2 fully saturated rings. The summed E-state index contributed by atoms with van der Waals surface area (Å²) in [4.78, 5) is 26.6. The van der Waals surface area contributed by atoms with E-state index in [0.29, 0.717) is 19.6 Å². The van der Waals surface area contributed by atoms with E-state index in [0.717, 1.165) is 5.56 Å². The van der Waals surface area contributed by atoms with Crippen LogP contribution >= 0.6 is 0 Å². The first-order chi connectivity index (χ1) is 8.99. The Hall–Kier alpha value is -1.68. The normalized spacial score (nSPS) is 33.9. The first-order valence-electron chi connectivity index (χ1n) is 6.60. The van der Waals surface area contributed by atoms with E-state index in [-0.39, 0.29) is 11.8 Å². The second-order valence-electron chi connectivity index (χ2n) is 5.95. The van der Waals surface area contributed by atoms with Crippen LogP contribution in [0.4, 0.5) is 0 Å². The molecule has 3 rings (SSSR count). The SMILES string of the molecule is CC12CNCC1(C)C(=O)N(Cc1ccccc1)C2=O. The summed E-state index contributed by atoms with van der Waals surface area (Å²) in [6, 6.07) is 9.66. The van der Waals surface area contributed by atoms with Crippen LogP contribution in [0.2, 0.25) is 0 Å². The molecule has 1 aromatic rings. The number of amides is 2. The van der Waals surface area contributed by atoms with Crippen molar-refractivity contribution < 1.29 is 9.59 Å². The molecular weight excluding hydrogens is 240 g/mol. The van der Waals surface area contributed by atoms with Gasteiger partial charge >= 0.3 is 0 Å². The number of carbonyl (C=O) groups excluding carboxylic acids is 2. The molecule has 19 heavy (non-hydrogen) atoms. The van der Waals surface area contributed by atoms with Crippen LogP contribution < -0.4 is 5.32 Å². The molecule has 1 N–H and O–H groups in total. The highest BCUT2D eigenvalue weighted by Gasteiger charge is 2.66. The number of hydrogen-bond donors (Lipinski definition) is 1. The molecule has 0 spiro atoms. The summed E-state index contributed by atoms with van der Waals surface area (Å²) in [6.45, 7) is 5.35. The Morgan fingerprint density at radius 2 is 1.58 bits per heavy atom. The lowest BCUT2D eigenvalue weighted by Gasteiger charge is -2.26. The summed E-state index contributed by atoms with van der Waals surface area (Å²) in [6.07, 6.45) is 0. The van der Waals surface area contributed by atoms with E-state index in [2.05, 4.69) is 5.32 Å². The molecule has 1 aromatic carbocycles. The minimum atomic E-state index is -0.598. The topological polar surface area (TPSA) is 49.4 Å². The number of rotatable bonds is 2. The Balaban J connectivity index is 1.93. The van der Waals surface area contributed by atoms with Gasteiger partial charge in [-0.2, -0.15) is 0 Å². The van der Waals surface area contributed by atoms with Gasteiger partial charge in [0, 0.05) is 13.1 Å². The Morgan fingerprint density at radius 1 is 1.05 bits per heavy atom. The maximum atomic E-state index is 12.6. The molecule has 2 aliphatic heterocycles. The monoisotopic (exact) mass is 258 g/mol. The summed E-state index contributed by atoms with van der Waals surface area (Å²) in [5.74, 6) is -0.0947. The van der Waals surface area contributed by atoms with Gasteiger partial charge in [0.2, 0.25) is 11.8 Å². The fourth-order valence-electron chi connectivity index (χ4n) is 3.17. The van der Waals surface area contributed by atoms with Gasteiger partial charge < -0.3 is 5.32 Å². The van der Waals surface area contributed by atoms with Crippen molar-refractivity contribution in [1.29, 1.82) is 0 Å². The number of carbonyl (C=O) groups is 2. The molecule has 2 heterocycles. The zero-order valence-electron chi connectivity index (χ0n) is 11.3. The molecule has 0 aliphatic carbocycles. The van der Waals surface area contributed by atoms with Crippen molar-refractivity contribution in [2.24, 2.45) is 10.8 Å². The maximum Gasteiger partial charge on any atom is 0.237 e. The zero-order chi connectivity index (χ0) is 13.7. The van der Waals surface area contributed by atoms with Crippen LogP contribution in [0.3, 0.4) is 0 Å². The van der Waals surface area contributed by atoms with Crippen molar-refractivity contribution >= 4 is 11.8 Å². The van der Waals surface area contributed by atoms with Gasteiger partial charge in [0.25, 0.3) is 0 Å². The summed E-state index contributed by atoms with van der Waals surface area (Å²) in [5.41, 5.74) is -0.207. The standard InChI is InChI=1S/C15H18N2O2/c1-14-9-16-10-15(14,2)13(19)17(12(14)18)8-11-6-4-3-5-7-11/h3-7,16H,8-10H2,1-2H3. The predicted octanol–water partition coefficient (Wildman–Crippen LogP) is 1.17. The Labute approximate surface area is 112 Å². The van der Waals surface area contributed by atoms with Crippen molar-refractivity contribution in [2.45, 2.75) is 20.4 Å². The van der Waals surface area contributed by atoms with E-state index in [9.17, 15) is 9.59 Å². The summed E-state index contributed by atoms with van der Waals surface area (Å²) >= 11 is 0. The second-order valence-corrected chi connectivity index (χ2v) is 5.95. The van der Waals surface area contributed by atoms with Crippen molar-refractivity contribution in [2.75, 3.05) is 13.1 Å². The molecule has 4 heteroatoms. The van der Waals surface area contributed by atoms with Gasteiger partial charge in [-0.1, -0.05) is 30.3 Å². The highest BCUT2D eigenvalue weighted by Crippen LogP contribution is 2.50. The Morgan fingerprint density at radius 3 is 2.11 bits per heavy atom. The minimum Gasteiger partial charge on any atom is -0.315 e. The molecule has 0 bridgehead atoms. The molecule has 100 valence electrons. The number of likely N-dealkylation sites (tertiary alicyclic amines) is 1. The number of hydrogen-bond acceptors (Lipinski definition) is 3. The van der Waals surface area contributed by atoms with Gasteiger partial charge in [-0.05, 0) is 19.4 Å². The Bertz CT molecular complexity index is 514. The number of nitrogens with one attached hydrogen (secondary N) is 1. The average molecular weight is 258 g/mol. The third-order valence-corrected chi connectivity index (χ3v) is 4.79. The van der Waals surface area contributed by atoms with E-state index in [1.807, 2.05) is 44.2 Å². The van der Waals surface area contributed by atoms with Crippen molar-refractivity contribution in [1.82, 2.24) is 10.2 Å². The van der Waals surface area contributed by atoms with Gasteiger partial charge in [-0.3, -0.25) is 14.5 Å². The van der Waals surface area contributed by atoms with E-state index in [1.54, 1.807) is 0 Å². The van der Waals surface area contributed by atoms with E-state index < -0.39 is 10.8 Å². The molecule has 4 nitrogen and oxygen atoms in total. The van der Waals surface area contributed by atoms with Crippen LogP contribution in [0.1, 0.15) is 19.4 Å². The lowest BCUT2D eigenvalue weighted by molar-refractivity contribution is -0.142. The zero-order valence-corrected chi connectivity index (χ0v) is 11.3. The third kappa shape index (κ3) is 1.49. The van der Waals surface area contributed by atoms with Crippen LogP contribution in [-0.4, -0.2) is 29.8 Å². The van der Waals surface area contributed by atoms with E-state index in [4.69, 9.17) is 0 Å². The van der Waals surface area contributed by atoms with Gasteiger partial charge in [0.15, 0.2) is 0 Å². The van der Waals surface area contributed by atoms with Gasteiger partial charge in [0.1, 0.15) is 0 Å². The van der Waals surface area contributed by atoms with E-state index >= 15 is 0 Å². The highest BCUT2D eigenvalue weighted by atomic mass is 16.2. The van der Waals surface area contributed by atoms with Gasteiger partial charge in [0.05, 0.1) is 17.4 Å². The van der Waals surface area contributed by atoms with Crippen LogP contribution in [0.25, 0.3) is 0 Å². The summed E-state index contributed by atoms with van der Waals surface area (Å²) < 4.78 is 0. The minimum absolute atomic E-state index is 0.0474. The fourth-order valence-corrected chi connectivity index (χ4v) is 3.17. The summed E-state index contributed by atoms with van der Waals surface area (Å²) in [7, 11) is 0. The largest absolute Gasteiger partial charge is 0.315 e. The van der Waals surface area contributed by atoms with Crippen molar-refractivity contribution in [3.63, 3.8) is 0 Å². The quantitative estimate of drug-likeness (QED) is 0.810. The number of fused-ring (bicyclic) bond motifs is 1. The molecule has 2 atom stereocenters. The molecule has 2 unspecified atom stereocenters. The van der Waals surface area contributed by atoms with Gasteiger partial charge in [-0.15, -0.1) is 0 Å². The molecule has 2 saturated heterocycles. The molecule has 0 radical (unpaired) electrons. The fraction of sp³-hybridized carbons (Fsp3) is 0.467. The molecule has 2 amide bonds. The van der Waals surface area contributed by atoms with Crippen LogP contribution in [0.15, 0.2) is 30.3 Å². The van der Waals surface area contributed by atoms with Crippen LogP contribution in [-0.2, 0) is 16.1 Å². The first kappa shape index (κ1) is 12.4. The molecular formula is C15H18N2O2. The predicted molar refractivity (Wildman–Crippen MR) is 71.1 cm³/mol. The second kappa shape index (κ2) is 3.90. The highest BCUT2D eigenvalue weighted by molar-refractivity contribution is 6.10. The number of benzene rings is 1. The maximum absolute atomic E-state index is 12.6. The lowest BCUT2D eigenvalue weighted by atomic mass is 9.70. The molecule has 2 aliphatic rings. The van der Waals surface area contributed by atoms with Crippen molar-refractivity contribution in [3.8, 4) is 0 Å². The van der Waals surface area contributed by atoms with E-state index in [1.165, 1.54) is 4.90 Å². The van der Waals surface area contributed by atoms with Gasteiger partial charge in [-0.25, -0.2) is 0 Å². The first-order valence-corrected chi connectivity index (χ1v) is 6.60. The van der Waals surface area contributed by atoms with Crippen molar-refractivity contribution in [3.05, 3.63) is 35.9 Å².